The van der Waals surface area contributed by atoms with E-state index in [-0.39, 0.29) is 0 Å². The standard InChI is InChI=1S/C12H11BrN2O/c1-16-10-6-2-5-9(13)11(10)8-4-3-7-15-12(8)14/h2-7H,1H3,(H2,14,15). The molecule has 0 aliphatic heterocycles. The van der Waals surface area contributed by atoms with Gasteiger partial charge in [-0.1, -0.05) is 22.0 Å². The Morgan fingerprint density at radius 2 is 2.06 bits per heavy atom. The second kappa shape index (κ2) is 4.53. The van der Waals surface area contributed by atoms with Gasteiger partial charge in [0, 0.05) is 21.8 Å². The lowest BCUT2D eigenvalue weighted by Gasteiger charge is -2.11. The molecule has 0 amide bonds. The van der Waals surface area contributed by atoms with Crippen LogP contribution in [0.5, 0.6) is 5.75 Å². The molecule has 0 spiro atoms. The number of ether oxygens (including phenoxy) is 1. The fraction of sp³-hybridized carbons (Fsp3) is 0.0833. The molecule has 82 valence electrons. The van der Waals surface area contributed by atoms with E-state index in [1.54, 1.807) is 13.3 Å². The SMILES string of the molecule is COc1cccc(Br)c1-c1cccnc1N. The number of benzene rings is 1. The number of nitrogens with two attached hydrogens (primary N) is 1. The zero-order valence-electron chi connectivity index (χ0n) is 8.77. The predicted molar refractivity (Wildman–Crippen MR) is 68.3 cm³/mol. The van der Waals surface area contributed by atoms with Gasteiger partial charge in [0.15, 0.2) is 0 Å². The van der Waals surface area contributed by atoms with Gasteiger partial charge in [0.25, 0.3) is 0 Å². The molecule has 0 bridgehead atoms. The van der Waals surface area contributed by atoms with Crippen molar-refractivity contribution in [3.05, 3.63) is 41.0 Å². The third kappa shape index (κ3) is 1.88. The summed E-state index contributed by atoms with van der Waals surface area (Å²) >= 11 is 3.50. The Morgan fingerprint density at radius 3 is 2.75 bits per heavy atom. The number of hydrogen-bond donors (Lipinski definition) is 1. The molecule has 0 saturated carbocycles. The lowest BCUT2D eigenvalue weighted by atomic mass is 10.1. The molecule has 0 fully saturated rings. The van der Waals surface area contributed by atoms with Crippen molar-refractivity contribution < 1.29 is 4.74 Å². The molecule has 2 aromatic rings. The van der Waals surface area contributed by atoms with E-state index in [2.05, 4.69) is 20.9 Å². The van der Waals surface area contributed by atoms with Gasteiger partial charge in [0.2, 0.25) is 0 Å². The number of anilines is 1. The monoisotopic (exact) mass is 278 g/mol. The smallest absolute Gasteiger partial charge is 0.131 e. The summed E-state index contributed by atoms with van der Waals surface area (Å²) in [5.74, 6) is 1.27. The van der Waals surface area contributed by atoms with Crippen molar-refractivity contribution in [1.82, 2.24) is 4.98 Å². The molecule has 0 aliphatic carbocycles. The van der Waals surface area contributed by atoms with Crippen LogP contribution < -0.4 is 10.5 Å². The van der Waals surface area contributed by atoms with Gasteiger partial charge >= 0.3 is 0 Å². The third-order valence-corrected chi connectivity index (χ3v) is 2.96. The number of halogens is 1. The Balaban J connectivity index is 2.68. The summed E-state index contributed by atoms with van der Waals surface area (Å²) < 4.78 is 6.26. The third-order valence-electron chi connectivity index (χ3n) is 2.30. The van der Waals surface area contributed by atoms with E-state index in [1.165, 1.54) is 0 Å². The number of pyridine rings is 1. The fourth-order valence-electron chi connectivity index (χ4n) is 1.56. The van der Waals surface area contributed by atoms with Gasteiger partial charge < -0.3 is 10.5 Å². The highest BCUT2D eigenvalue weighted by Gasteiger charge is 2.12. The highest BCUT2D eigenvalue weighted by molar-refractivity contribution is 9.10. The molecule has 0 aliphatic rings. The second-order valence-electron chi connectivity index (χ2n) is 3.25. The van der Waals surface area contributed by atoms with Crippen LogP contribution in [0.15, 0.2) is 41.0 Å². The van der Waals surface area contributed by atoms with Crippen LogP contribution in [0.4, 0.5) is 5.82 Å². The van der Waals surface area contributed by atoms with Crippen molar-refractivity contribution in [2.45, 2.75) is 0 Å². The number of hydrogen-bond acceptors (Lipinski definition) is 3. The van der Waals surface area contributed by atoms with E-state index < -0.39 is 0 Å². The van der Waals surface area contributed by atoms with E-state index in [1.807, 2.05) is 30.3 Å². The lowest BCUT2D eigenvalue weighted by Crippen LogP contribution is -1.96. The number of rotatable bonds is 2. The largest absolute Gasteiger partial charge is 0.496 e. The average Bonchev–Trinajstić information content (AvgIpc) is 2.30. The summed E-state index contributed by atoms with van der Waals surface area (Å²) in [6, 6.07) is 9.53. The first-order valence-electron chi connectivity index (χ1n) is 4.77. The zero-order chi connectivity index (χ0) is 11.5. The molecule has 1 heterocycles. The van der Waals surface area contributed by atoms with Gasteiger partial charge in [0.1, 0.15) is 11.6 Å². The first-order chi connectivity index (χ1) is 7.74. The van der Waals surface area contributed by atoms with Crippen molar-refractivity contribution in [3.8, 4) is 16.9 Å². The van der Waals surface area contributed by atoms with Crippen LogP contribution in [-0.4, -0.2) is 12.1 Å². The maximum absolute atomic E-state index is 5.86. The summed E-state index contributed by atoms with van der Waals surface area (Å²) in [5, 5.41) is 0. The average molecular weight is 279 g/mol. The van der Waals surface area contributed by atoms with Gasteiger partial charge in [-0.25, -0.2) is 4.98 Å². The molecule has 2 N–H and O–H groups in total. The fourth-order valence-corrected chi connectivity index (χ4v) is 2.13. The normalized spacial score (nSPS) is 10.1. The van der Waals surface area contributed by atoms with Crippen LogP contribution in [0.2, 0.25) is 0 Å². The van der Waals surface area contributed by atoms with Gasteiger partial charge in [0.05, 0.1) is 7.11 Å². The minimum atomic E-state index is 0.493. The maximum Gasteiger partial charge on any atom is 0.131 e. The molecule has 0 unspecified atom stereocenters. The van der Waals surface area contributed by atoms with Crippen LogP contribution in [0.1, 0.15) is 0 Å². The predicted octanol–water partition coefficient (Wildman–Crippen LogP) is 3.10. The Morgan fingerprint density at radius 1 is 1.25 bits per heavy atom. The quantitative estimate of drug-likeness (QED) is 0.918. The number of aromatic nitrogens is 1. The van der Waals surface area contributed by atoms with Crippen molar-refractivity contribution in [3.63, 3.8) is 0 Å². The molecule has 0 saturated heterocycles. The minimum absolute atomic E-state index is 0.493. The molecular formula is C12H11BrN2O. The van der Waals surface area contributed by atoms with Gasteiger partial charge in [-0.3, -0.25) is 0 Å². The van der Waals surface area contributed by atoms with Crippen molar-refractivity contribution in [1.29, 1.82) is 0 Å². The molecule has 1 aromatic carbocycles. The Labute approximate surface area is 102 Å². The first kappa shape index (κ1) is 11.0. The molecule has 3 nitrogen and oxygen atoms in total. The minimum Gasteiger partial charge on any atom is -0.496 e. The van der Waals surface area contributed by atoms with E-state index in [0.29, 0.717) is 5.82 Å². The second-order valence-corrected chi connectivity index (χ2v) is 4.11. The van der Waals surface area contributed by atoms with Gasteiger partial charge in [-0.05, 0) is 24.3 Å². The highest BCUT2D eigenvalue weighted by atomic mass is 79.9. The number of methoxy groups -OCH3 is 1. The molecule has 0 atom stereocenters. The van der Waals surface area contributed by atoms with Crippen LogP contribution in [0, 0.1) is 0 Å². The van der Waals surface area contributed by atoms with Crippen LogP contribution in [0.3, 0.4) is 0 Å². The topological polar surface area (TPSA) is 48.1 Å². The highest BCUT2D eigenvalue weighted by Crippen LogP contribution is 2.38. The molecule has 1 aromatic heterocycles. The molecule has 0 radical (unpaired) electrons. The Bertz CT molecular complexity index is 514. The molecule has 2 rings (SSSR count). The first-order valence-corrected chi connectivity index (χ1v) is 5.56. The van der Waals surface area contributed by atoms with Crippen LogP contribution in [-0.2, 0) is 0 Å². The summed E-state index contributed by atoms with van der Waals surface area (Å²) in [4.78, 5) is 4.07. The number of nitrogen functional groups attached to an aromatic ring is 1. The van der Waals surface area contributed by atoms with Gasteiger partial charge in [-0.2, -0.15) is 0 Å². The lowest BCUT2D eigenvalue weighted by molar-refractivity contribution is 0.416. The molecular weight excluding hydrogens is 268 g/mol. The zero-order valence-corrected chi connectivity index (χ0v) is 10.4. The molecule has 4 heteroatoms. The Hall–Kier alpha value is -1.55. The summed E-state index contributed by atoms with van der Waals surface area (Å²) in [6.07, 6.45) is 1.67. The van der Waals surface area contributed by atoms with Crippen LogP contribution in [0.25, 0.3) is 11.1 Å². The van der Waals surface area contributed by atoms with Gasteiger partial charge in [-0.15, -0.1) is 0 Å². The number of nitrogens with zero attached hydrogens (tertiary/aromatic N) is 1. The summed E-state index contributed by atoms with van der Waals surface area (Å²) in [6.45, 7) is 0. The Kier molecular flexibility index (Phi) is 3.10. The van der Waals surface area contributed by atoms with E-state index >= 15 is 0 Å². The van der Waals surface area contributed by atoms with Crippen molar-refractivity contribution in [2.75, 3.05) is 12.8 Å². The van der Waals surface area contributed by atoms with Crippen molar-refractivity contribution >= 4 is 21.7 Å². The van der Waals surface area contributed by atoms with E-state index in [0.717, 1.165) is 21.3 Å². The van der Waals surface area contributed by atoms with Crippen molar-refractivity contribution in [2.24, 2.45) is 0 Å². The van der Waals surface area contributed by atoms with Crippen LogP contribution >= 0.6 is 15.9 Å². The van der Waals surface area contributed by atoms with E-state index in [9.17, 15) is 0 Å². The molecule has 16 heavy (non-hydrogen) atoms. The maximum atomic E-state index is 5.86. The summed E-state index contributed by atoms with van der Waals surface area (Å²) in [5.41, 5.74) is 7.65. The summed E-state index contributed by atoms with van der Waals surface area (Å²) in [7, 11) is 1.64. The van der Waals surface area contributed by atoms with E-state index in [4.69, 9.17) is 10.5 Å².